The molecule has 0 aliphatic carbocycles. The normalized spacial score (nSPS) is 8.42. The summed E-state index contributed by atoms with van der Waals surface area (Å²) in [4.78, 5) is 0. The Kier molecular flexibility index (Phi) is 8.65. The lowest BCUT2D eigenvalue weighted by Crippen LogP contribution is -1.88. The van der Waals surface area contributed by atoms with Crippen molar-refractivity contribution in [3.63, 3.8) is 0 Å². The van der Waals surface area contributed by atoms with E-state index in [2.05, 4.69) is 28.7 Å². The predicted octanol–water partition coefficient (Wildman–Crippen LogP) is 1.65. The summed E-state index contributed by atoms with van der Waals surface area (Å²) in [6.07, 6.45) is 3.12. The fourth-order valence-corrected chi connectivity index (χ4v) is 0.312. The van der Waals surface area contributed by atoms with Crippen LogP contribution in [-0.2, 0) is 19.4 Å². The van der Waals surface area contributed by atoms with Crippen molar-refractivity contribution in [3.8, 4) is 0 Å². The lowest BCUT2D eigenvalue weighted by molar-refractivity contribution is 0.403. The van der Waals surface area contributed by atoms with E-state index in [0.717, 1.165) is 0 Å². The van der Waals surface area contributed by atoms with Crippen molar-refractivity contribution in [1.82, 2.24) is 0 Å². The van der Waals surface area contributed by atoms with Gasteiger partial charge in [-0.2, -0.15) is 8.42 Å². The highest BCUT2D eigenvalue weighted by molar-refractivity contribution is 7.81. The van der Waals surface area contributed by atoms with Crippen molar-refractivity contribution in [2.24, 2.45) is 0 Å². The van der Waals surface area contributed by atoms with Crippen LogP contribution in [0, 0.1) is 0 Å². The summed E-state index contributed by atoms with van der Waals surface area (Å²) >= 11 is 0. The molecule has 0 radical (unpaired) electrons. The Labute approximate surface area is 71.0 Å². The molecule has 6 heteroatoms. The molecule has 0 aromatic carbocycles. The molecule has 4 nitrogen and oxygen atoms in total. The molecule has 0 rings (SSSR count). The van der Waals surface area contributed by atoms with E-state index >= 15 is 0 Å². The molecule has 0 N–H and O–H groups in total. The third-order valence-electron chi connectivity index (χ3n) is 0.375. The van der Waals surface area contributed by atoms with Crippen molar-refractivity contribution in [2.75, 3.05) is 0 Å². The highest BCUT2D eigenvalue weighted by atomic mass is 32.3. The summed E-state index contributed by atoms with van der Waals surface area (Å²) < 4.78 is 37.3. The molecule has 70 valence electrons. The van der Waals surface area contributed by atoms with Crippen LogP contribution in [0.25, 0.3) is 0 Å². The molecule has 0 aliphatic rings. The van der Waals surface area contributed by atoms with Gasteiger partial charge in [0.25, 0.3) is 0 Å². The highest BCUT2D eigenvalue weighted by Crippen LogP contribution is 1.90. The molecule has 0 aromatic rings. The molecule has 0 saturated heterocycles. The number of rotatable bonds is 4. The maximum Gasteiger partial charge on any atom is 0.488 e. The fraction of sp³-hybridized carbons (Fsp3) is 0. The van der Waals surface area contributed by atoms with Gasteiger partial charge >= 0.3 is 10.5 Å². The van der Waals surface area contributed by atoms with Gasteiger partial charge in [-0.3, -0.25) is 0 Å². The fourth-order valence-electron chi connectivity index (χ4n) is 0.149. The van der Waals surface area contributed by atoms with E-state index in [-0.39, 0.29) is 0 Å². The first-order chi connectivity index (χ1) is 5.47. The van der Waals surface area contributed by atoms with Gasteiger partial charge < -0.3 is 8.92 Å². The SMILES string of the molecule is C=COC=C.C=COS(=O)(=O)F. The second-order valence-electron chi connectivity index (χ2n) is 1.13. The van der Waals surface area contributed by atoms with E-state index in [9.17, 15) is 12.3 Å². The van der Waals surface area contributed by atoms with E-state index in [4.69, 9.17) is 0 Å². The molecule has 12 heavy (non-hydrogen) atoms. The minimum atomic E-state index is -4.79. The molecule has 0 fully saturated rings. The topological polar surface area (TPSA) is 52.6 Å². The van der Waals surface area contributed by atoms with Crippen LogP contribution >= 0.6 is 0 Å². The van der Waals surface area contributed by atoms with Gasteiger partial charge in [-0.05, 0) is 0 Å². The Morgan fingerprint density at radius 1 is 1.08 bits per heavy atom. The van der Waals surface area contributed by atoms with Gasteiger partial charge in [0.15, 0.2) is 0 Å². The molecule has 0 bridgehead atoms. The zero-order chi connectivity index (χ0) is 10.0. The quantitative estimate of drug-likeness (QED) is 0.506. The van der Waals surface area contributed by atoms with Crippen LogP contribution in [0.3, 0.4) is 0 Å². The molecule has 0 heterocycles. The zero-order valence-corrected chi connectivity index (χ0v) is 7.09. The first kappa shape index (κ1) is 13.3. The number of hydrogen-bond donors (Lipinski definition) is 0. The Balaban J connectivity index is 0. The molecular weight excluding hydrogens is 187 g/mol. The molecule has 0 unspecified atom stereocenters. The van der Waals surface area contributed by atoms with Crippen LogP contribution in [0.4, 0.5) is 3.89 Å². The summed E-state index contributed by atoms with van der Waals surface area (Å²) in [7, 11) is -4.79. The van der Waals surface area contributed by atoms with E-state index in [1.807, 2.05) is 0 Å². The van der Waals surface area contributed by atoms with Gasteiger partial charge in [0, 0.05) is 0 Å². The lowest BCUT2D eigenvalue weighted by Gasteiger charge is -1.83. The second kappa shape index (κ2) is 7.80. The largest absolute Gasteiger partial charge is 0.488 e. The molecule has 0 spiro atoms. The summed E-state index contributed by atoms with van der Waals surface area (Å²) in [5.74, 6) is 0. The molecule has 0 saturated carbocycles. The van der Waals surface area contributed by atoms with Gasteiger partial charge in [0.1, 0.15) is 6.26 Å². The van der Waals surface area contributed by atoms with Gasteiger partial charge in [-0.15, -0.1) is 0 Å². The first-order valence-electron chi connectivity index (χ1n) is 2.59. The standard InChI is InChI=1S/C4H6O.C2H3FO3S/c1-3-5-4-2;1-2-6-7(3,4)5/h3-4H,1-2H2;2H,1H2. The van der Waals surface area contributed by atoms with Crippen molar-refractivity contribution in [2.45, 2.75) is 0 Å². The van der Waals surface area contributed by atoms with Crippen molar-refractivity contribution in [3.05, 3.63) is 38.5 Å². The smallest absolute Gasteiger partial charge is 0.474 e. The highest BCUT2D eigenvalue weighted by Gasteiger charge is 2.00. The van der Waals surface area contributed by atoms with Crippen LogP contribution < -0.4 is 0 Å². The molecule has 0 aliphatic heterocycles. The number of halogens is 1. The van der Waals surface area contributed by atoms with E-state index in [0.29, 0.717) is 6.26 Å². The minimum absolute atomic E-state index is 0.495. The molecular formula is C6H9FO4S. The number of ether oxygens (including phenoxy) is 1. The minimum Gasteiger partial charge on any atom is -0.474 e. The number of hydrogen-bond acceptors (Lipinski definition) is 4. The van der Waals surface area contributed by atoms with E-state index in [1.54, 1.807) is 0 Å². The van der Waals surface area contributed by atoms with Crippen LogP contribution in [0.2, 0.25) is 0 Å². The van der Waals surface area contributed by atoms with Gasteiger partial charge in [0.2, 0.25) is 0 Å². The first-order valence-corrected chi connectivity index (χ1v) is 3.89. The maximum atomic E-state index is 11.1. The summed E-state index contributed by atoms with van der Waals surface area (Å²) in [6, 6.07) is 0. The van der Waals surface area contributed by atoms with Crippen molar-refractivity contribution >= 4 is 10.5 Å². The van der Waals surface area contributed by atoms with Crippen LogP contribution in [0.5, 0.6) is 0 Å². The Hall–Kier alpha value is -1.30. The van der Waals surface area contributed by atoms with Gasteiger partial charge in [-0.25, -0.2) is 0 Å². The lowest BCUT2D eigenvalue weighted by atomic mass is 11.1. The van der Waals surface area contributed by atoms with Crippen LogP contribution in [0.1, 0.15) is 0 Å². The summed E-state index contributed by atoms with van der Waals surface area (Å²) in [5, 5.41) is 0. The zero-order valence-electron chi connectivity index (χ0n) is 6.27. The van der Waals surface area contributed by atoms with E-state index < -0.39 is 10.5 Å². The van der Waals surface area contributed by atoms with Gasteiger partial charge in [-0.1, -0.05) is 23.6 Å². The van der Waals surface area contributed by atoms with Crippen LogP contribution in [-0.4, -0.2) is 8.42 Å². The van der Waals surface area contributed by atoms with Crippen molar-refractivity contribution in [1.29, 1.82) is 0 Å². The average molecular weight is 196 g/mol. The predicted molar refractivity (Wildman–Crippen MR) is 42.8 cm³/mol. The van der Waals surface area contributed by atoms with E-state index in [1.165, 1.54) is 12.5 Å². The third-order valence-corrected chi connectivity index (χ3v) is 0.741. The third kappa shape index (κ3) is 23.4. The summed E-state index contributed by atoms with van der Waals surface area (Å²) in [5.41, 5.74) is 0. The van der Waals surface area contributed by atoms with Crippen LogP contribution in [0.15, 0.2) is 38.5 Å². The average Bonchev–Trinajstić information content (AvgIpc) is 1.87. The maximum absolute atomic E-state index is 11.1. The van der Waals surface area contributed by atoms with Gasteiger partial charge in [0.05, 0.1) is 12.5 Å². The molecule has 0 amide bonds. The molecule has 0 atom stereocenters. The second-order valence-corrected chi connectivity index (χ2v) is 2.10. The van der Waals surface area contributed by atoms with Crippen molar-refractivity contribution < 1.29 is 21.2 Å². The molecule has 0 aromatic heterocycles. The Morgan fingerprint density at radius 2 is 1.50 bits per heavy atom. The summed E-state index contributed by atoms with van der Waals surface area (Å²) in [6.45, 7) is 9.32. The Bertz CT molecular complexity index is 226. The monoisotopic (exact) mass is 196 g/mol. The Morgan fingerprint density at radius 3 is 1.50 bits per heavy atom.